The van der Waals surface area contributed by atoms with E-state index in [9.17, 15) is 8.42 Å². The van der Waals surface area contributed by atoms with Gasteiger partial charge in [0.15, 0.2) is 0 Å². The summed E-state index contributed by atoms with van der Waals surface area (Å²) in [5, 5.41) is 0. The van der Waals surface area contributed by atoms with Crippen molar-refractivity contribution < 1.29 is 27.4 Å². The molecule has 0 aliphatic heterocycles. The minimum atomic E-state index is -2.60. The van der Waals surface area contributed by atoms with Crippen LogP contribution in [0.3, 0.4) is 0 Å². The van der Waals surface area contributed by atoms with E-state index in [1.807, 2.05) is 0 Å². The predicted octanol–water partition coefficient (Wildman–Crippen LogP) is -0.859. The minimum Gasteiger partial charge on any atom is -0.382 e. The molecule has 110 valence electrons. The number of hydrogen-bond acceptors (Lipinski definition) is 6. The number of hydrogen-bond donors (Lipinski definition) is 1. The fraction of sp³-hybridized carbons (Fsp3) is 1.00. The second-order valence-corrected chi connectivity index (χ2v) is 4.44. The Balaban J connectivity index is 3.59. The van der Waals surface area contributed by atoms with E-state index in [0.29, 0.717) is 52.7 Å². The summed E-state index contributed by atoms with van der Waals surface area (Å²) in [5.41, 5.74) is 0. The van der Waals surface area contributed by atoms with Crippen molar-refractivity contribution in [3.63, 3.8) is 0 Å². The lowest BCUT2D eigenvalue weighted by atomic mass is 10.6. The minimum absolute atomic E-state index is 0.329. The zero-order chi connectivity index (χ0) is 13.6. The number of rotatable bonds is 13. The van der Waals surface area contributed by atoms with Gasteiger partial charge in [0.25, 0.3) is 0 Å². The van der Waals surface area contributed by atoms with E-state index in [2.05, 4.69) is 0 Å². The van der Waals surface area contributed by atoms with Crippen molar-refractivity contribution in [2.24, 2.45) is 0 Å². The van der Waals surface area contributed by atoms with E-state index in [1.165, 1.54) is 4.31 Å². The highest BCUT2D eigenvalue weighted by atomic mass is 32.2. The fourth-order valence-electron chi connectivity index (χ4n) is 1.10. The van der Waals surface area contributed by atoms with Gasteiger partial charge in [-0.05, 0) is 0 Å². The molecule has 0 N–H and O–H groups in total. The molecular weight excluding hydrogens is 262 g/mol. The summed E-state index contributed by atoms with van der Waals surface area (Å²) in [6.07, 6.45) is 0. The van der Waals surface area contributed by atoms with Gasteiger partial charge in [0.1, 0.15) is 0 Å². The number of thiol groups is 1. The molecule has 0 radical (unpaired) electrons. The molecule has 0 unspecified atom stereocenters. The highest BCUT2D eigenvalue weighted by Gasteiger charge is 2.06. The molecule has 0 saturated heterocycles. The van der Waals surface area contributed by atoms with E-state index in [0.717, 1.165) is 0 Å². The first-order valence-electron chi connectivity index (χ1n) is 5.75. The van der Waals surface area contributed by atoms with Crippen molar-refractivity contribution in [2.75, 3.05) is 67.0 Å². The second kappa shape index (κ2) is 13.2. The molecule has 0 aromatic heterocycles. The Morgan fingerprint density at radius 3 is 1.56 bits per heavy atom. The zero-order valence-corrected chi connectivity index (χ0v) is 11.9. The van der Waals surface area contributed by atoms with Crippen molar-refractivity contribution in [3.8, 4) is 0 Å². The third kappa shape index (κ3) is 10.9. The van der Waals surface area contributed by atoms with Crippen LogP contribution in [-0.2, 0) is 29.8 Å². The van der Waals surface area contributed by atoms with Crippen LogP contribution >= 0.6 is 0 Å². The average molecular weight is 285 g/mol. The van der Waals surface area contributed by atoms with Crippen molar-refractivity contribution in [2.45, 2.75) is 0 Å². The van der Waals surface area contributed by atoms with Crippen molar-refractivity contribution in [1.29, 1.82) is 0 Å². The molecule has 0 spiro atoms. The summed E-state index contributed by atoms with van der Waals surface area (Å²) >= 11 is 0. The van der Waals surface area contributed by atoms with Gasteiger partial charge in [0, 0.05) is 27.3 Å². The van der Waals surface area contributed by atoms with Gasteiger partial charge >= 0.3 is 0 Å². The van der Waals surface area contributed by atoms with Gasteiger partial charge in [0.05, 0.1) is 39.6 Å². The average Bonchev–Trinajstić information content (AvgIpc) is 2.35. The van der Waals surface area contributed by atoms with Gasteiger partial charge in [-0.25, -0.2) is 8.42 Å². The van der Waals surface area contributed by atoms with Crippen LogP contribution in [0.2, 0.25) is 0 Å². The number of nitrogens with zero attached hydrogens (tertiary/aromatic N) is 1. The van der Waals surface area contributed by atoms with Gasteiger partial charge in [-0.15, -0.1) is 0 Å². The quantitative estimate of drug-likeness (QED) is 0.351. The normalized spacial score (nSPS) is 11.6. The Kier molecular flexibility index (Phi) is 13.0. The Morgan fingerprint density at radius 1 is 0.778 bits per heavy atom. The third-order valence-electron chi connectivity index (χ3n) is 2.08. The van der Waals surface area contributed by atoms with Gasteiger partial charge in [-0.1, -0.05) is 0 Å². The van der Waals surface area contributed by atoms with E-state index in [-0.39, 0.29) is 0 Å². The fourth-order valence-corrected chi connectivity index (χ4v) is 1.59. The lowest BCUT2D eigenvalue weighted by Crippen LogP contribution is -2.30. The first-order chi connectivity index (χ1) is 8.72. The predicted molar refractivity (Wildman–Crippen MR) is 67.3 cm³/mol. The molecule has 7 nitrogen and oxygen atoms in total. The Bertz CT molecular complexity index is 227. The molecule has 0 aliphatic rings. The van der Waals surface area contributed by atoms with Gasteiger partial charge in [-0.2, -0.15) is 4.31 Å². The molecule has 0 saturated carbocycles. The maximum absolute atomic E-state index is 10.9. The van der Waals surface area contributed by atoms with Crippen LogP contribution in [0, 0.1) is 0 Å². The smallest absolute Gasteiger partial charge is 0.204 e. The zero-order valence-electron chi connectivity index (χ0n) is 11.0. The van der Waals surface area contributed by atoms with Gasteiger partial charge < -0.3 is 18.9 Å². The van der Waals surface area contributed by atoms with Crippen LogP contribution in [0.15, 0.2) is 0 Å². The molecule has 0 fully saturated rings. The first kappa shape index (κ1) is 17.8. The van der Waals surface area contributed by atoms with E-state index < -0.39 is 10.9 Å². The maximum Gasteiger partial charge on any atom is 0.204 e. The van der Waals surface area contributed by atoms with Crippen LogP contribution in [0.4, 0.5) is 0 Å². The molecule has 0 atom stereocenters. The Hall–Kier alpha value is -0.250. The highest BCUT2D eigenvalue weighted by molar-refractivity contribution is 7.69. The standard InChI is InChI=1S/C10H23NO6S/c1-14-7-9-16-5-3-11(18(12)13)4-6-17-10-8-15-2/h18H,3-10H2,1-2H3. The number of ether oxygens (including phenoxy) is 4. The lowest BCUT2D eigenvalue weighted by Gasteiger charge is -2.15. The molecule has 8 heteroatoms. The summed E-state index contributed by atoms with van der Waals surface area (Å²) < 4.78 is 43.2. The molecule has 0 bridgehead atoms. The summed E-state index contributed by atoms with van der Waals surface area (Å²) in [6.45, 7) is 3.30. The van der Waals surface area contributed by atoms with Gasteiger partial charge in [-0.3, -0.25) is 0 Å². The van der Waals surface area contributed by atoms with E-state index >= 15 is 0 Å². The highest BCUT2D eigenvalue weighted by Crippen LogP contribution is 1.90. The van der Waals surface area contributed by atoms with E-state index in [1.54, 1.807) is 14.2 Å². The topological polar surface area (TPSA) is 74.3 Å². The maximum atomic E-state index is 10.9. The van der Waals surface area contributed by atoms with Crippen LogP contribution in [0.1, 0.15) is 0 Å². The molecule has 0 aromatic carbocycles. The first-order valence-corrected chi connectivity index (χ1v) is 6.88. The van der Waals surface area contributed by atoms with Crippen molar-refractivity contribution in [1.82, 2.24) is 4.31 Å². The molecule has 0 amide bonds. The third-order valence-corrected chi connectivity index (χ3v) is 2.94. The molecule has 18 heavy (non-hydrogen) atoms. The van der Waals surface area contributed by atoms with Gasteiger partial charge in [0.2, 0.25) is 10.9 Å². The Labute approximate surface area is 110 Å². The lowest BCUT2D eigenvalue weighted by molar-refractivity contribution is 0.0529. The molecule has 0 aromatic rings. The number of methoxy groups -OCH3 is 2. The largest absolute Gasteiger partial charge is 0.382 e. The van der Waals surface area contributed by atoms with Crippen LogP contribution in [0.25, 0.3) is 0 Å². The van der Waals surface area contributed by atoms with Crippen LogP contribution < -0.4 is 0 Å². The molecular formula is C10H23NO6S. The monoisotopic (exact) mass is 285 g/mol. The van der Waals surface area contributed by atoms with Crippen molar-refractivity contribution in [3.05, 3.63) is 0 Å². The second-order valence-electron chi connectivity index (χ2n) is 3.40. The van der Waals surface area contributed by atoms with E-state index in [4.69, 9.17) is 18.9 Å². The van der Waals surface area contributed by atoms with Crippen LogP contribution in [-0.4, -0.2) is 79.7 Å². The molecule has 0 aliphatic carbocycles. The Morgan fingerprint density at radius 2 is 1.22 bits per heavy atom. The summed E-state index contributed by atoms with van der Waals surface area (Å²) in [7, 11) is 0.568. The SMILES string of the molecule is COCCOCCN(CCOCCOC)[SH](=O)=O. The summed E-state index contributed by atoms with van der Waals surface area (Å²) in [6, 6.07) is 0. The summed E-state index contributed by atoms with van der Waals surface area (Å²) in [5.74, 6) is 0. The molecule has 0 heterocycles. The van der Waals surface area contributed by atoms with Crippen molar-refractivity contribution >= 4 is 10.9 Å². The molecule has 0 rings (SSSR count). The summed E-state index contributed by atoms with van der Waals surface area (Å²) in [4.78, 5) is 0. The van der Waals surface area contributed by atoms with Crippen LogP contribution in [0.5, 0.6) is 0 Å².